The Morgan fingerprint density at radius 2 is 2.24 bits per heavy atom. The fraction of sp³-hybridized carbons (Fsp3) is 0. The van der Waals surface area contributed by atoms with Crippen LogP contribution < -0.4 is 5.32 Å². The van der Waals surface area contributed by atoms with Crippen molar-refractivity contribution >= 4 is 22.5 Å². The second-order valence-corrected chi connectivity index (χ2v) is 3.71. The first-order valence-corrected chi connectivity index (χ1v) is 5.21. The zero-order chi connectivity index (χ0) is 11.7. The summed E-state index contributed by atoms with van der Waals surface area (Å²) in [4.78, 5) is 14.6. The second kappa shape index (κ2) is 3.79. The molecule has 2 aromatic heterocycles. The zero-order valence-electron chi connectivity index (χ0n) is 8.90. The summed E-state index contributed by atoms with van der Waals surface area (Å²) in [6.45, 7) is 0. The largest absolute Gasteiger partial charge is 0.357 e. The van der Waals surface area contributed by atoms with E-state index in [0.717, 1.165) is 16.6 Å². The smallest absolute Gasteiger partial charge is 0.272 e. The Kier molecular flexibility index (Phi) is 2.15. The number of amides is 1. The minimum absolute atomic E-state index is 0.158. The van der Waals surface area contributed by atoms with Crippen molar-refractivity contribution < 1.29 is 4.79 Å². The third-order valence-electron chi connectivity index (χ3n) is 2.54. The Morgan fingerprint density at radius 3 is 3.06 bits per heavy atom. The SMILES string of the molecule is O=C(Nc1ccc2cn[nH]c2c1)c1ccc[nH]1. The minimum Gasteiger partial charge on any atom is -0.357 e. The highest BCUT2D eigenvalue weighted by Crippen LogP contribution is 2.16. The van der Waals surface area contributed by atoms with Crippen LogP contribution in [0.5, 0.6) is 0 Å². The number of fused-ring (bicyclic) bond motifs is 1. The van der Waals surface area contributed by atoms with Crippen molar-refractivity contribution in [1.82, 2.24) is 15.2 Å². The number of nitrogens with zero attached hydrogens (tertiary/aromatic N) is 1. The van der Waals surface area contributed by atoms with Crippen molar-refractivity contribution in [1.29, 1.82) is 0 Å². The Hall–Kier alpha value is -2.56. The van der Waals surface area contributed by atoms with Crippen LogP contribution >= 0.6 is 0 Å². The van der Waals surface area contributed by atoms with Crippen LogP contribution in [-0.2, 0) is 0 Å². The average molecular weight is 226 g/mol. The number of aromatic nitrogens is 3. The van der Waals surface area contributed by atoms with Gasteiger partial charge in [-0.25, -0.2) is 0 Å². The van der Waals surface area contributed by atoms with E-state index in [1.807, 2.05) is 18.2 Å². The molecule has 5 heteroatoms. The van der Waals surface area contributed by atoms with Gasteiger partial charge in [-0.1, -0.05) is 0 Å². The Labute approximate surface area is 96.9 Å². The lowest BCUT2D eigenvalue weighted by molar-refractivity contribution is 0.102. The predicted octanol–water partition coefficient (Wildman–Crippen LogP) is 2.14. The summed E-state index contributed by atoms with van der Waals surface area (Å²) in [6.07, 6.45) is 3.46. The number of rotatable bonds is 2. The van der Waals surface area contributed by atoms with Gasteiger partial charge in [-0.15, -0.1) is 0 Å². The maximum absolute atomic E-state index is 11.8. The van der Waals surface area contributed by atoms with E-state index in [2.05, 4.69) is 20.5 Å². The summed E-state index contributed by atoms with van der Waals surface area (Å²) >= 11 is 0. The lowest BCUT2D eigenvalue weighted by atomic mass is 10.2. The number of carbonyl (C=O) groups excluding carboxylic acids is 1. The molecule has 17 heavy (non-hydrogen) atoms. The predicted molar refractivity (Wildman–Crippen MR) is 64.8 cm³/mol. The highest BCUT2D eigenvalue weighted by atomic mass is 16.1. The summed E-state index contributed by atoms with van der Waals surface area (Å²) in [5.41, 5.74) is 2.17. The molecule has 0 unspecified atom stereocenters. The van der Waals surface area contributed by atoms with Gasteiger partial charge in [0.1, 0.15) is 5.69 Å². The summed E-state index contributed by atoms with van der Waals surface area (Å²) < 4.78 is 0. The standard InChI is InChI=1S/C12H10N4O/c17-12(10-2-1-5-13-10)15-9-4-3-8-7-14-16-11(8)6-9/h1-7,13H,(H,14,16)(H,15,17). The number of anilines is 1. The maximum Gasteiger partial charge on any atom is 0.272 e. The minimum atomic E-state index is -0.158. The van der Waals surface area contributed by atoms with Crippen LogP contribution in [-0.4, -0.2) is 21.1 Å². The molecule has 84 valence electrons. The van der Waals surface area contributed by atoms with Gasteiger partial charge in [0.15, 0.2) is 0 Å². The monoisotopic (exact) mass is 226 g/mol. The lowest BCUT2D eigenvalue weighted by Gasteiger charge is -2.03. The first-order valence-electron chi connectivity index (χ1n) is 5.21. The number of hydrogen-bond donors (Lipinski definition) is 3. The average Bonchev–Trinajstić information content (AvgIpc) is 2.99. The van der Waals surface area contributed by atoms with Crippen LogP contribution in [0.2, 0.25) is 0 Å². The van der Waals surface area contributed by atoms with Crippen LogP contribution in [0.15, 0.2) is 42.7 Å². The molecule has 0 radical (unpaired) electrons. The molecule has 0 fully saturated rings. The molecule has 3 rings (SSSR count). The van der Waals surface area contributed by atoms with Crippen LogP contribution in [0.1, 0.15) is 10.5 Å². The van der Waals surface area contributed by atoms with E-state index in [1.165, 1.54) is 0 Å². The second-order valence-electron chi connectivity index (χ2n) is 3.71. The molecular weight excluding hydrogens is 216 g/mol. The summed E-state index contributed by atoms with van der Waals surface area (Å²) in [7, 11) is 0. The molecule has 1 aromatic carbocycles. The van der Waals surface area contributed by atoms with Gasteiger partial charge in [-0.3, -0.25) is 9.89 Å². The van der Waals surface area contributed by atoms with Crippen LogP contribution in [0.4, 0.5) is 5.69 Å². The molecule has 2 heterocycles. The molecule has 3 aromatic rings. The number of hydrogen-bond acceptors (Lipinski definition) is 2. The third-order valence-corrected chi connectivity index (χ3v) is 2.54. The number of H-pyrrole nitrogens is 2. The zero-order valence-corrected chi connectivity index (χ0v) is 8.90. The fourth-order valence-corrected chi connectivity index (χ4v) is 1.68. The number of carbonyl (C=O) groups is 1. The normalized spacial score (nSPS) is 10.6. The van der Waals surface area contributed by atoms with Crippen molar-refractivity contribution in [3.8, 4) is 0 Å². The van der Waals surface area contributed by atoms with Crippen molar-refractivity contribution in [2.75, 3.05) is 5.32 Å². The molecule has 3 N–H and O–H groups in total. The van der Waals surface area contributed by atoms with E-state index >= 15 is 0 Å². The van der Waals surface area contributed by atoms with Gasteiger partial charge in [0.05, 0.1) is 11.7 Å². The van der Waals surface area contributed by atoms with Gasteiger partial charge in [0, 0.05) is 17.3 Å². The van der Waals surface area contributed by atoms with Gasteiger partial charge in [0.25, 0.3) is 5.91 Å². The summed E-state index contributed by atoms with van der Waals surface area (Å²) in [5.74, 6) is -0.158. The third kappa shape index (κ3) is 1.78. The molecule has 0 aliphatic rings. The fourth-order valence-electron chi connectivity index (χ4n) is 1.68. The van der Waals surface area contributed by atoms with E-state index < -0.39 is 0 Å². The Morgan fingerprint density at radius 1 is 1.29 bits per heavy atom. The molecule has 5 nitrogen and oxygen atoms in total. The Bertz CT molecular complexity index is 654. The van der Waals surface area contributed by atoms with Crippen molar-refractivity contribution in [3.63, 3.8) is 0 Å². The lowest BCUT2D eigenvalue weighted by Crippen LogP contribution is -2.11. The van der Waals surface area contributed by atoms with Crippen molar-refractivity contribution in [2.45, 2.75) is 0 Å². The van der Waals surface area contributed by atoms with Crippen molar-refractivity contribution in [2.24, 2.45) is 0 Å². The number of nitrogens with one attached hydrogen (secondary N) is 3. The van der Waals surface area contributed by atoms with E-state index in [1.54, 1.807) is 24.5 Å². The molecule has 0 saturated heterocycles. The highest BCUT2D eigenvalue weighted by molar-refractivity contribution is 6.03. The van der Waals surface area contributed by atoms with Crippen LogP contribution in [0.3, 0.4) is 0 Å². The van der Waals surface area contributed by atoms with Crippen molar-refractivity contribution in [3.05, 3.63) is 48.4 Å². The topological polar surface area (TPSA) is 73.6 Å². The van der Waals surface area contributed by atoms with E-state index in [0.29, 0.717) is 5.69 Å². The molecule has 0 saturated carbocycles. The van der Waals surface area contributed by atoms with E-state index in [9.17, 15) is 4.79 Å². The molecule has 0 spiro atoms. The van der Waals surface area contributed by atoms with Crippen LogP contribution in [0.25, 0.3) is 10.9 Å². The first-order chi connectivity index (χ1) is 8.33. The molecule has 1 amide bonds. The highest BCUT2D eigenvalue weighted by Gasteiger charge is 2.06. The molecule has 0 aliphatic carbocycles. The first kappa shape index (κ1) is 9.65. The van der Waals surface area contributed by atoms with E-state index in [-0.39, 0.29) is 5.91 Å². The summed E-state index contributed by atoms with van der Waals surface area (Å²) in [6, 6.07) is 9.11. The van der Waals surface area contributed by atoms with Gasteiger partial charge in [-0.05, 0) is 30.3 Å². The van der Waals surface area contributed by atoms with Gasteiger partial charge in [-0.2, -0.15) is 5.10 Å². The molecule has 0 aliphatic heterocycles. The Balaban J connectivity index is 1.87. The van der Waals surface area contributed by atoms with Gasteiger partial charge < -0.3 is 10.3 Å². The number of benzene rings is 1. The van der Waals surface area contributed by atoms with Gasteiger partial charge in [0.2, 0.25) is 0 Å². The summed E-state index contributed by atoms with van der Waals surface area (Å²) in [5, 5.41) is 10.6. The number of aromatic amines is 2. The molecule has 0 atom stereocenters. The quantitative estimate of drug-likeness (QED) is 0.626. The molecular formula is C12H10N4O. The molecule has 0 bridgehead atoms. The van der Waals surface area contributed by atoms with E-state index in [4.69, 9.17) is 0 Å². The maximum atomic E-state index is 11.8. The van der Waals surface area contributed by atoms with Crippen LogP contribution in [0, 0.1) is 0 Å². The van der Waals surface area contributed by atoms with Gasteiger partial charge >= 0.3 is 0 Å².